The van der Waals surface area contributed by atoms with Gasteiger partial charge in [0.05, 0.1) is 0 Å². The summed E-state index contributed by atoms with van der Waals surface area (Å²) in [6.45, 7) is 5.23. The monoisotopic (exact) mass is 438 g/mol. The lowest BCUT2D eigenvalue weighted by Crippen LogP contribution is -2.56. The highest BCUT2D eigenvalue weighted by atomic mass is 35.6. The quantitative estimate of drug-likeness (QED) is 0.308. The number of halogens is 3. The Morgan fingerprint density at radius 3 is 2.19 bits per heavy atom. The lowest BCUT2D eigenvalue weighted by Gasteiger charge is -2.28. The Morgan fingerprint density at radius 2 is 1.69 bits per heavy atom. The van der Waals surface area contributed by atoms with Crippen LogP contribution in [0.4, 0.5) is 11.4 Å². The SMILES string of the molecule is CC(=O)Nc1cccc(NC(=S)N[C@H](NC(=O)CC(C)C)C(Cl)(Cl)Cl)c1. The van der Waals surface area contributed by atoms with E-state index in [0.29, 0.717) is 11.4 Å². The molecule has 0 saturated carbocycles. The molecule has 2 amide bonds. The fourth-order valence-corrected chi connectivity index (χ4v) is 2.53. The van der Waals surface area contributed by atoms with Gasteiger partial charge < -0.3 is 21.3 Å². The van der Waals surface area contributed by atoms with Gasteiger partial charge in [-0.2, -0.15) is 0 Å². The van der Waals surface area contributed by atoms with Crippen molar-refractivity contribution in [1.29, 1.82) is 0 Å². The van der Waals surface area contributed by atoms with Crippen LogP contribution in [0, 0.1) is 5.92 Å². The lowest BCUT2D eigenvalue weighted by atomic mass is 10.1. The van der Waals surface area contributed by atoms with Crippen molar-refractivity contribution in [2.45, 2.75) is 37.2 Å². The summed E-state index contributed by atoms with van der Waals surface area (Å²) < 4.78 is -1.81. The van der Waals surface area contributed by atoms with Crippen molar-refractivity contribution in [3.63, 3.8) is 0 Å². The average molecular weight is 440 g/mol. The zero-order valence-corrected chi connectivity index (χ0v) is 17.6. The van der Waals surface area contributed by atoms with E-state index in [2.05, 4.69) is 21.3 Å². The van der Waals surface area contributed by atoms with Crippen molar-refractivity contribution in [2.75, 3.05) is 10.6 Å². The Kier molecular flexibility index (Phi) is 8.89. The van der Waals surface area contributed by atoms with E-state index >= 15 is 0 Å². The van der Waals surface area contributed by atoms with Crippen LogP contribution < -0.4 is 21.3 Å². The number of alkyl halides is 3. The highest BCUT2D eigenvalue weighted by Gasteiger charge is 2.34. The summed E-state index contributed by atoms with van der Waals surface area (Å²) in [4.78, 5) is 23.1. The maximum Gasteiger partial charge on any atom is 0.228 e. The molecular formula is C16H21Cl3N4O2S. The summed E-state index contributed by atoms with van der Waals surface area (Å²) in [6.07, 6.45) is -0.727. The molecule has 0 aliphatic heterocycles. The number of hydrogen-bond acceptors (Lipinski definition) is 3. The molecule has 4 N–H and O–H groups in total. The van der Waals surface area contributed by atoms with Crippen molar-refractivity contribution >= 4 is 75.3 Å². The van der Waals surface area contributed by atoms with E-state index in [4.69, 9.17) is 47.0 Å². The Morgan fingerprint density at radius 1 is 1.12 bits per heavy atom. The summed E-state index contributed by atoms with van der Waals surface area (Å²) in [5, 5.41) is 11.1. The molecular weight excluding hydrogens is 419 g/mol. The highest BCUT2D eigenvalue weighted by Crippen LogP contribution is 2.29. The van der Waals surface area contributed by atoms with E-state index in [9.17, 15) is 9.59 Å². The second kappa shape index (κ2) is 10.2. The molecule has 0 radical (unpaired) electrons. The number of rotatable bonds is 6. The van der Waals surface area contributed by atoms with Gasteiger partial charge in [-0.15, -0.1) is 0 Å². The van der Waals surface area contributed by atoms with Gasteiger partial charge in [-0.05, 0) is 36.3 Å². The minimum atomic E-state index is -1.81. The standard InChI is InChI=1S/C16H21Cl3N4O2S/c1-9(2)7-13(25)22-14(16(17,18)19)23-15(26)21-12-6-4-5-11(8-12)20-10(3)24/h4-6,8-9,14H,7H2,1-3H3,(H,20,24)(H,22,25)(H2,21,23,26)/t14-/m0/s1. The normalized spacial score (nSPS) is 12.3. The van der Waals surface area contributed by atoms with Crippen LogP contribution in [0.25, 0.3) is 0 Å². The Hall–Kier alpha value is -1.28. The number of nitrogens with one attached hydrogen (secondary N) is 4. The van der Waals surface area contributed by atoms with Gasteiger partial charge in [0.2, 0.25) is 15.6 Å². The zero-order chi connectivity index (χ0) is 19.9. The van der Waals surface area contributed by atoms with Crippen LogP contribution in [0.3, 0.4) is 0 Å². The molecule has 6 nitrogen and oxygen atoms in total. The molecule has 144 valence electrons. The van der Waals surface area contributed by atoms with Crippen molar-refractivity contribution in [3.8, 4) is 0 Å². The maximum absolute atomic E-state index is 12.0. The Balaban J connectivity index is 2.75. The number of thiocarbonyl (C=S) groups is 1. The molecule has 0 aliphatic rings. The molecule has 1 atom stereocenters. The van der Waals surface area contributed by atoms with Crippen LogP contribution in [0.2, 0.25) is 0 Å². The molecule has 26 heavy (non-hydrogen) atoms. The van der Waals surface area contributed by atoms with Crippen molar-refractivity contribution in [1.82, 2.24) is 10.6 Å². The third kappa shape index (κ3) is 8.89. The fraction of sp³-hybridized carbons (Fsp3) is 0.438. The average Bonchev–Trinajstić information content (AvgIpc) is 2.44. The van der Waals surface area contributed by atoms with Gasteiger partial charge in [0.25, 0.3) is 0 Å². The second-order valence-electron chi connectivity index (χ2n) is 6.00. The van der Waals surface area contributed by atoms with Gasteiger partial charge >= 0.3 is 0 Å². The first-order valence-electron chi connectivity index (χ1n) is 7.78. The molecule has 0 aromatic heterocycles. The predicted molar refractivity (Wildman–Crippen MR) is 112 cm³/mol. The van der Waals surface area contributed by atoms with E-state index in [1.54, 1.807) is 24.3 Å². The van der Waals surface area contributed by atoms with Crippen LogP contribution in [0.1, 0.15) is 27.2 Å². The van der Waals surface area contributed by atoms with E-state index in [1.165, 1.54) is 6.92 Å². The van der Waals surface area contributed by atoms with Gasteiger partial charge in [0, 0.05) is 24.7 Å². The minimum Gasteiger partial charge on any atom is -0.339 e. The molecule has 0 heterocycles. The summed E-state index contributed by atoms with van der Waals surface area (Å²) in [5.74, 6) is -0.293. The third-order valence-electron chi connectivity index (χ3n) is 2.94. The predicted octanol–water partition coefficient (Wildman–Crippen LogP) is 3.79. The first-order chi connectivity index (χ1) is 12.0. The first-order valence-corrected chi connectivity index (χ1v) is 9.33. The fourth-order valence-electron chi connectivity index (χ4n) is 1.97. The van der Waals surface area contributed by atoms with Crippen molar-refractivity contribution in [3.05, 3.63) is 24.3 Å². The first kappa shape index (κ1) is 22.8. The molecule has 1 rings (SSSR count). The maximum atomic E-state index is 12.0. The lowest BCUT2D eigenvalue weighted by molar-refractivity contribution is -0.122. The summed E-state index contributed by atoms with van der Waals surface area (Å²) in [6, 6.07) is 6.92. The number of amides is 2. The summed E-state index contributed by atoms with van der Waals surface area (Å²) in [5.41, 5.74) is 1.22. The van der Waals surface area contributed by atoms with Gasteiger partial charge in [0.15, 0.2) is 5.11 Å². The molecule has 0 spiro atoms. The molecule has 0 bridgehead atoms. The smallest absolute Gasteiger partial charge is 0.228 e. The third-order valence-corrected chi connectivity index (χ3v) is 3.82. The Labute approximate surface area is 173 Å². The molecule has 10 heteroatoms. The number of hydrogen-bond donors (Lipinski definition) is 4. The van der Waals surface area contributed by atoms with Crippen LogP contribution in [-0.4, -0.2) is 26.9 Å². The number of anilines is 2. The number of carbonyl (C=O) groups is 2. The van der Waals surface area contributed by atoms with Crippen molar-refractivity contribution < 1.29 is 9.59 Å². The minimum absolute atomic E-state index is 0.145. The van der Waals surface area contributed by atoms with Crippen LogP contribution in [0.15, 0.2) is 24.3 Å². The van der Waals surface area contributed by atoms with Crippen LogP contribution >= 0.6 is 47.0 Å². The number of carbonyl (C=O) groups excluding carboxylic acids is 2. The zero-order valence-electron chi connectivity index (χ0n) is 14.5. The van der Waals surface area contributed by atoms with E-state index < -0.39 is 9.96 Å². The molecule has 0 saturated heterocycles. The number of benzene rings is 1. The summed E-state index contributed by atoms with van der Waals surface area (Å²) in [7, 11) is 0. The van der Waals surface area contributed by atoms with Crippen molar-refractivity contribution in [2.24, 2.45) is 5.92 Å². The Bertz CT molecular complexity index is 665. The molecule has 0 aliphatic carbocycles. The summed E-state index contributed by atoms with van der Waals surface area (Å²) >= 11 is 23.0. The second-order valence-corrected chi connectivity index (χ2v) is 8.78. The molecule has 1 aromatic rings. The van der Waals surface area contributed by atoms with E-state index in [0.717, 1.165) is 0 Å². The van der Waals surface area contributed by atoms with E-state index in [1.807, 2.05) is 13.8 Å². The van der Waals surface area contributed by atoms with Gasteiger partial charge in [0.1, 0.15) is 6.17 Å². The topological polar surface area (TPSA) is 82.3 Å². The van der Waals surface area contributed by atoms with Crippen LogP contribution in [-0.2, 0) is 9.59 Å². The molecule has 0 unspecified atom stereocenters. The molecule has 1 aromatic carbocycles. The largest absolute Gasteiger partial charge is 0.339 e. The van der Waals surface area contributed by atoms with Gasteiger partial charge in [-0.25, -0.2) is 0 Å². The van der Waals surface area contributed by atoms with Gasteiger partial charge in [-0.3, -0.25) is 9.59 Å². The van der Waals surface area contributed by atoms with Crippen LogP contribution in [0.5, 0.6) is 0 Å². The molecule has 0 fully saturated rings. The highest BCUT2D eigenvalue weighted by molar-refractivity contribution is 7.80. The van der Waals surface area contributed by atoms with Gasteiger partial charge in [-0.1, -0.05) is 54.7 Å². The van der Waals surface area contributed by atoms with E-state index in [-0.39, 0.29) is 29.3 Å².